The van der Waals surface area contributed by atoms with Crippen LogP contribution < -0.4 is 15.4 Å². The van der Waals surface area contributed by atoms with Crippen molar-refractivity contribution < 1.29 is 14.6 Å². The number of hydrogen-bond donors (Lipinski definition) is 2. The molecule has 0 spiro atoms. The highest BCUT2D eigenvalue weighted by Crippen LogP contribution is 2.34. The van der Waals surface area contributed by atoms with E-state index in [2.05, 4.69) is 0 Å². The molecule has 0 saturated heterocycles. The molecule has 1 aromatic rings. The molecule has 2 rings (SSSR count). The number of nitrogens with zero attached hydrogens (tertiary/aromatic N) is 1. The van der Waals surface area contributed by atoms with Crippen LogP contribution in [0.25, 0.3) is 0 Å². The van der Waals surface area contributed by atoms with Crippen LogP contribution in [0.2, 0.25) is 0 Å². The predicted molar refractivity (Wildman–Crippen MR) is 73.2 cm³/mol. The third-order valence-electron chi connectivity index (χ3n) is 3.27. The van der Waals surface area contributed by atoms with Gasteiger partial charge in [0.1, 0.15) is 12.4 Å². The van der Waals surface area contributed by atoms with E-state index in [4.69, 9.17) is 10.5 Å². The highest BCUT2D eigenvalue weighted by Gasteiger charge is 2.23. The summed E-state index contributed by atoms with van der Waals surface area (Å²) >= 11 is 0. The molecular formula is C14H20N2O3. The number of hydrogen-bond acceptors (Lipinski definition) is 4. The molecule has 0 aliphatic carbocycles. The van der Waals surface area contributed by atoms with Gasteiger partial charge in [0.25, 0.3) is 0 Å². The zero-order valence-corrected chi connectivity index (χ0v) is 11.1. The normalized spacial score (nSPS) is 15.6. The van der Waals surface area contributed by atoms with Crippen LogP contribution in [0.1, 0.15) is 31.4 Å². The van der Waals surface area contributed by atoms with Crippen molar-refractivity contribution >= 4 is 11.6 Å². The van der Waals surface area contributed by atoms with Crippen LogP contribution in [0, 0.1) is 0 Å². The highest BCUT2D eigenvalue weighted by atomic mass is 16.5. The molecule has 1 aliphatic rings. The fourth-order valence-electron chi connectivity index (χ4n) is 2.22. The number of anilines is 1. The van der Waals surface area contributed by atoms with Gasteiger partial charge in [0.05, 0.1) is 18.3 Å². The lowest BCUT2D eigenvalue weighted by Crippen LogP contribution is -2.37. The molecule has 1 aromatic carbocycles. The van der Waals surface area contributed by atoms with Gasteiger partial charge in [-0.05, 0) is 30.7 Å². The number of carbonyl (C=O) groups is 1. The minimum absolute atomic E-state index is 0.0648. The number of aliphatic hydroxyl groups excluding tert-OH is 1. The smallest absolute Gasteiger partial charge is 0.226 e. The molecular weight excluding hydrogens is 244 g/mol. The Labute approximate surface area is 113 Å². The van der Waals surface area contributed by atoms with Gasteiger partial charge in [-0.2, -0.15) is 0 Å². The van der Waals surface area contributed by atoms with Crippen molar-refractivity contribution in [3.63, 3.8) is 0 Å². The maximum atomic E-state index is 11.9. The van der Waals surface area contributed by atoms with Crippen molar-refractivity contribution in [3.8, 4) is 5.75 Å². The molecule has 1 heterocycles. The standard InChI is InChI=1S/C14H20N2O3/c1-2-14(18)16-7-8-19-13-4-3-10(9-11(13)16)12(17)5-6-15/h3-4,9,12,17H,2,5-8,15H2,1H3. The quantitative estimate of drug-likeness (QED) is 0.857. The number of amides is 1. The topological polar surface area (TPSA) is 75.8 Å². The summed E-state index contributed by atoms with van der Waals surface area (Å²) in [7, 11) is 0. The molecule has 1 atom stereocenters. The number of aliphatic hydroxyl groups is 1. The van der Waals surface area contributed by atoms with Gasteiger partial charge >= 0.3 is 0 Å². The van der Waals surface area contributed by atoms with Crippen molar-refractivity contribution in [2.24, 2.45) is 5.73 Å². The molecule has 0 saturated carbocycles. The second kappa shape index (κ2) is 6.04. The average molecular weight is 264 g/mol. The van der Waals surface area contributed by atoms with Gasteiger partial charge in [0, 0.05) is 6.42 Å². The van der Waals surface area contributed by atoms with Crippen molar-refractivity contribution in [2.75, 3.05) is 24.6 Å². The lowest BCUT2D eigenvalue weighted by Gasteiger charge is -2.30. The van der Waals surface area contributed by atoms with Gasteiger partial charge in [0.2, 0.25) is 5.91 Å². The van der Waals surface area contributed by atoms with Gasteiger partial charge in [-0.15, -0.1) is 0 Å². The first-order valence-electron chi connectivity index (χ1n) is 6.62. The van der Waals surface area contributed by atoms with E-state index >= 15 is 0 Å². The Morgan fingerprint density at radius 2 is 2.37 bits per heavy atom. The molecule has 19 heavy (non-hydrogen) atoms. The Morgan fingerprint density at radius 3 is 3.05 bits per heavy atom. The van der Waals surface area contributed by atoms with E-state index in [9.17, 15) is 9.90 Å². The van der Waals surface area contributed by atoms with Crippen LogP contribution >= 0.6 is 0 Å². The summed E-state index contributed by atoms with van der Waals surface area (Å²) in [6, 6.07) is 5.45. The molecule has 0 fully saturated rings. The molecule has 1 aliphatic heterocycles. The summed E-state index contributed by atoms with van der Waals surface area (Å²) in [6.07, 6.45) is 0.354. The Hall–Kier alpha value is -1.59. The van der Waals surface area contributed by atoms with E-state index in [-0.39, 0.29) is 5.91 Å². The summed E-state index contributed by atoms with van der Waals surface area (Å²) in [5, 5.41) is 9.98. The Kier molecular flexibility index (Phi) is 4.39. The number of nitrogens with two attached hydrogens (primary N) is 1. The number of carbonyl (C=O) groups excluding carboxylic acids is 1. The van der Waals surface area contributed by atoms with Gasteiger partial charge in [-0.1, -0.05) is 13.0 Å². The second-order valence-corrected chi connectivity index (χ2v) is 4.57. The molecule has 0 radical (unpaired) electrons. The van der Waals surface area contributed by atoms with E-state index in [1.165, 1.54) is 0 Å². The molecule has 5 heteroatoms. The maximum Gasteiger partial charge on any atom is 0.226 e. The summed E-state index contributed by atoms with van der Waals surface area (Å²) in [5.41, 5.74) is 6.96. The monoisotopic (exact) mass is 264 g/mol. The van der Waals surface area contributed by atoms with E-state index in [1.807, 2.05) is 19.1 Å². The van der Waals surface area contributed by atoms with Crippen LogP contribution in [0.4, 0.5) is 5.69 Å². The number of rotatable bonds is 4. The van der Waals surface area contributed by atoms with Crippen molar-refractivity contribution in [2.45, 2.75) is 25.9 Å². The van der Waals surface area contributed by atoms with Crippen LogP contribution in [-0.4, -0.2) is 30.7 Å². The van der Waals surface area contributed by atoms with Gasteiger partial charge in [0.15, 0.2) is 0 Å². The van der Waals surface area contributed by atoms with Crippen molar-refractivity contribution in [1.29, 1.82) is 0 Å². The average Bonchev–Trinajstić information content (AvgIpc) is 2.45. The molecule has 1 amide bonds. The summed E-state index contributed by atoms with van der Waals surface area (Å²) in [6.45, 7) is 3.32. The largest absolute Gasteiger partial charge is 0.490 e. The first kappa shape index (κ1) is 13.8. The van der Waals surface area contributed by atoms with Crippen LogP contribution in [0.15, 0.2) is 18.2 Å². The molecule has 1 unspecified atom stereocenters. The number of ether oxygens (including phenoxy) is 1. The minimum Gasteiger partial charge on any atom is -0.490 e. The summed E-state index contributed by atoms with van der Waals surface area (Å²) in [4.78, 5) is 13.6. The first-order chi connectivity index (χ1) is 9.17. The van der Waals surface area contributed by atoms with E-state index in [0.717, 1.165) is 11.3 Å². The third kappa shape index (κ3) is 2.88. The fraction of sp³-hybridized carbons (Fsp3) is 0.500. The van der Waals surface area contributed by atoms with Crippen LogP contribution in [0.5, 0.6) is 5.75 Å². The Morgan fingerprint density at radius 1 is 1.58 bits per heavy atom. The van der Waals surface area contributed by atoms with Crippen LogP contribution in [-0.2, 0) is 4.79 Å². The predicted octanol–water partition coefficient (Wildman–Crippen LogP) is 1.20. The van der Waals surface area contributed by atoms with E-state index < -0.39 is 6.10 Å². The summed E-state index contributed by atoms with van der Waals surface area (Å²) in [5.74, 6) is 0.756. The molecule has 0 aromatic heterocycles. The Balaban J connectivity index is 2.32. The highest BCUT2D eigenvalue weighted by molar-refractivity contribution is 5.95. The fourth-order valence-corrected chi connectivity index (χ4v) is 2.22. The second-order valence-electron chi connectivity index (χ2n) is 4.57. The minimum atomic E-state index is -0.601. The molecule has 3 N–H and O–H groups in total. The molecule has 0 bridgehead atoms. The third-order valence-corrected chi connectivity index (χ3v) is 3.27. The Bertz CT molecular complexity index is 462. The van der Waals surface area contributed by atoms with Gasteiger partial charge in [-0.25, -0.2) is 0 Å². The molecule has 104 valence electrons. The lowest BCUT2D eigenvalue weighted by atomic mass is 10.0. The van der Waals surface area contributed by atoms with Gasteiger partial charge in [-0.3, -0.25) is 4.79 Å². The lowest BCUT2D eigenvalue weighted by molar-refractivity contribution is -0.118. The zero-order valence-electron chi connectivity index (χ0n) is 11.1. The van der Waals surface area contributed by atoms with Gasteiger partial charge < -0.3 is 20.5 Å². The number of benzene rings is 1. The first-order valence-corrected chi connectivity index (χ1v) is 6.62. The van der Waals surface area contributed by atoms with E-state index in [1.54, 1.807) is 11.0 Å². The maximum absolute atomic E-state index is 11.9. The number of fused-ring (bicyclic) bond motifs is 1. The van der Waals surface area contributed by atoms with E-state index in [0.29, 0.717) is 38.3 Å². The van der Waals surface area contributed by atoms with Crippen molar-refractivity contribution in [1.82, 2.24) is 0 Å². The summed E-state index contributed by atoms with van der Waals surface area (Å²) < 4.78 is 5.54. The SMILES string of the molecule is CCC(=O)N1CCOc2ccc(C(O)CCN)cc21. The molecule has 5 nitrogen and oxygen atoms in total. The zero-order chi connectivity index (χ0) is 13.8. The van der Waals surface area contributed by atoms with Crippen molar-refractivity contribution in [3.05, 3.63) is 23.8 Å². The van der Waals surface area contributed by atoms with Crippen LogP contribution in [0.3, 0.4) is 0 Å².